The van der Waals surface area contributed by atoms with Crippen LogP contribution in [0.4, 0.5) is 0 Å². The Bertz CT molecular complexity index is 409. The minimum atomic E-state index is -0.0251. The molecule has 1 radical (unpaired) electrons. The summed E-state index contributed by atoms with van der Waals surface area (Å²) in [5, 5.41) is 0. The van der Waals surface area contributed by atoms with Crippen molar-refractivity contribution in [2.75, 3.05) is 0 Å². The van der Waals surface area contributed by atoms with Gasteiger partial charge in [-0.15, -0.1) is 0 Å². The van der Waals surface area contributed by atoms with Crippen LogP contribution in [0.1, 0.15) is 30.9 Å². The Morgan fingerprint density at radius 3 is 1.41 bits per heavy atom. The van der Waals surface area contributed by atoms with Crippen LogP contribution in [0.15, 0.2) is 60.7 Å². The Morgan fingerprint density at radius 2 is 1.12 bits per heavy atom. The Morgan fingerprint density at radius 1 is 0.765 bits per heavy atom. The molecule has 0 amide bonds. The van der Waals surface area contributed by atoms with Gasteiger partial charge in [-0.1, -0.05) is 74.5 Å². The topological polar surface area (TPSA) is 0 Å². The standard InChI is InChI=1S/C17H19/c1-17(2,3)16(14-10-6-4-7-11-14)15-12-8-5-9-13-15/h4-13,16H,1H2,2-3H3. The predicted octanol–water partition coefficient (Wildman–Crippen LogP) is 4.68. The fourth-order valence-electron chi connectivity index (χ4n) is 2.39. The van der Waals surface area contributed by atoms with E-state index in [-0.39, 0.29) is 5.41 Å². The number of hydrogen-bond acceptors (Lipinski definition) is 0. The van der Waals surface area contributed by atoms with Crippen LogP contribution in [0.3, 0.4) is 0 Å². The zero-order valence-electron chi connectivity index (χ0n) is 10.6. The molecular formula is C17H19. The van der Waals surface area contributed by atoms with Gasteiger partial charge in [0.25, 0.3) is 0 Å². The third kappa shape index (κ3) is 2.76. The summed E-state index contributed by atoms with van der Waals surface area (Å²) in [6, 6.07) is 21.2. The van der Waals surface area contributed by atoms with Crippen LogP contribution in [-0.2, 0) is 0 Å². The molecule has 0 fully saturated rings. The lowest BCUT2D eigenvalue weighted by atomic mass is 9.73. The Kier molecular flexibility index (Phi) is 3.33. The van der Waals surface area contributed by atoms with Gasteiger partial charge >= 0.3 is 0 Å². The second-order valence-corrected chi connectivity index (χ2v) is 5.24. The molecular weight excluding hydrogens is 204 g/mol. The molecule has 0 atom stereocenters. The van der Waals surface area contributed by atoms with E-state index in [0.29, 0.717) is 5.92 Å². The van der Waals surface area contributed by atoms with Crippen molar-refractivity contribution >= 4 is 0 Å². The molecule has 2 aromatic carbocycles. The molecule has 0 aliphatic carbocycles. The molecule has 0 bridgehead atoms. The second kappa shape index (κ2) is 4.75. The SMILES string of the molecule is [CH2]C(C)(C)C(c1ccccc1)c1ccccc1. The molecule has 2 aromatic rings. The minimum Gasteiger partial charge on any atom is -0.0622 e. The van der Waals surface area contributed by atoms with E-state index in [0.717, 1.165) is 0 Å². The van der Waals surface area contributed by atoms with Gasteiger partial charge in [0.1, 0.15) is 0 Å². The third-order valence-electron chi connectivity index (χ3n) is 3.05. The maximum atomic E-state index is 4.32. The van der Waals surface area contributed by atoms with Crippen molar-refractivity contribution in [3.63, 3.8) is 0 Å². The summed E-state index contributed by atoms with van der Waals surface area (Å²) in [6.45, 7) is 8.71. The first-order valence-electron chi connectivity index (χ1n) is 6.04. The van der Waals surface area contributed by atoms with Gasteiger partial charge in [-0.25, -0.2) is 0 Å². The highest BCUT2D eigenvalue weighted by atomic mass is 14.3. The molecule has 0 aromatic heterocycles. The van der Waals surface area contributed by atoms with Crippen LogP contribution < -0.4 is 0 Å². The zero-order valence-corrected chi connectivity index (χ0v) is 10.6. The molecule has 87 valence electrons. The monoisotopic (exact) mass is 223 g/mol. The van der Waals surface area contributed by atoms with Crippen molar-refractivity contribution in [1.82, 2.24) is 0 Å². The van der Waals surface area contributed by atoms with Crippen molar-refractivity contribution in [2.45, 2.75) is 19.8 Å². The molecule has 17 heavy (non-hydrogen) atoms. The summed E-state index contributed by atoms with van der Waals surface area (Å²) in [6.07, 6.45) is 0. The summed E-state index contributed by atoms with van der Waals surface area (Å²) in [5.41, 5.74) is 2.64. The van der Waals surface area contributed by atoms with Crippen LogP contribution in [-0.4, -0.2) is 0 Å². The number of hydrogen-bond donors (Lipinski definition) is 0. The summed E-state index contributed by atoms with van der Waals surface area (Å²) in [5.74, 6) is 0.338. The predicted molar refractivity (Wildman–Crippen MR) is 73.9 cm³/mol. The molecule has 0 nitrogen and oxygen atoms in total. The molecule has 0 saturated heterocycles. The van der Waals surface area contributed by atoms with Crippen molar-refractivity contribution in [2.24, 2.45) is 5.41 Å². The number of rotatable bonds is 3. The van der Waals surface area contributed by atoms with Crippen molar-refractivity contribution in [3.8, 4) is 0 Å². The summed E-state index contributed by atoms with van der Waals surface area (Å²) < 4.78 is 0. The number of benzene rings is 2. The Balaban J connectivity index is 2.48. The van der Waals surface area contributed by atoms with E-state index in [9.17, 15) is 0 Å². The fourth-order valence-corrected chi connectivity index (χ4v) is 2.39. The van der Waals surface area contributed by atoms with Gasteiger partial charge in [0.2, 0.25) is 0 Å². The van der Waals surface area contributed by atoms with Gasteiger partial charge in [0.05, 0.1) is 0 Å². The Labute approximate surface area is 104 Å². The van der Waals surface area contributed by atoms with Gasteiger partial charge in [-0.2, -0.15) is 0 Å². The first-order valence-corrected chi connectivity index (χ1v) is 6.04. The molecule has 0 aliphatic rings. The highest BCUT2D eigenvalue weighted by Gasteiger charge is 2.27. The first kappa shape index (κ1) is 11.9. The van der Waals surface area contributed by atoms with E-state index in [1.807, 2.05) is 0 Å². The summed E-state index contributed by atoms with van der Waals surface area (Å²) >= 11 is 0. The molecule has 0 saturated carbocycles. The summed E-state index contributed by atoms with van der Waals surface area (Å²) in [4.78, 5) is 0. The lowest BCUT2D eigenvalue weighted by molar-refractivity contribution is 0.412. The quantitative estimate of drug-likeness (QED) is 0.708. The second-order valence-electron chi connectivity index (χ2n) is 5.24. The van der Waals surface area contributed by atoms with Crippen LogP contribution in [0.5, 0.6) is 0 Å². The molecule has 0 spiro atoms. The normalized spacial score (nSPS) is 11.8. The molecule has 0 heteroatoms. The van der Waals surface area contributed by atoms with Gasteiger partial charge in [0, 0.05) is 5.92 Å². The van der Waals surface area contributed by atoms with Gasteiger partial charge < -0.3 is 0 Å². The van der Waals surface area contributed by atoms with Crippen LogP contribution in [0.2, 0.25) is 0 Å². The van der Waals surface area contributed by atoms with Gasteiger partial charge in [-0.3, -0.25) is 0 Å². The highest BCUT2D eigenvalue weighted by molar-refractivity contribution is 5.34. The van der Waals surface area contributed by atoms with Crippen molar-refractivity contribution in [3.05, 3.63) is 78.7 Å². The van der Waals surface area contributed by atoms with E-state index in [4.69, 9.17) is 0 Å². The van der Waals surface area contributed by atoms with Crippen LogP contribution in [0, 0.1) is 12.3 Å². The van der Waals surface area contributed by atoms with Crippen LogP contribution in [0.25, 0.3) is 0 Å². The largest absolute Gasteiger partial charge is 0.0622 e. The molecule has 0 unspecified atom stereocenters. The lowest BCUT2D eigenvalue weighted by Crippen LogP contribution is -2.19. The first-order chi connectivity index (χ1) is 8.09. The third-order valence-corrected chi connectivity index (χ3v) is 3.05. The minimum absolute atomic E-state index is 0.0251. The van der Waals surface area contributed by atoms with Gasteiger partial charge in [-0.05, 0) is 23.5 Å². The van der Waals surface area contributed by atoms with E-state index in [1.165, 1.54) is 11.1 Å². The molecule has 2 rings (SSSR count). The lowest BCUT2D eigenvalue weighted by Gasteiger charge is -2.31. The van der Waals surface area contributed by atoms with E-state index >= 15 is 0 Å². The molecule has 0 aliphatic heterocycles. The van der Waals surface area contributed by atoms with Crippen molar-refractivity contribution < 1.29 is 0 Å². The Hall–Kier alpha value is -1.56. The zero-order chi connectivity index (χ0) is 12.3. The molecule has 0 heterocycles. The highest BCUT2D eigenvalue weighted by Crippen LogP contribution is 2.39. The van der Waals surface area contributed by atoms with Gasteiger partial charge in [0.15, 0.2) is 0 Å². The maximum absolute atomic E-state index is 4.32. The smallest absolute Gasteiger partial charge is 0.0140 e. The van der Waals surface area contributed by atoms with E-state index < -0.39 is 0 Å². The van der Waals surface area contributed by atoms with Crippen molar-refractivity contribution in [1.29, 1.82) is 0 Å². The van der Waals surface area contributed by atoms with E-state index in [1.54, 1.807) is 0 Å². The van der Waals surface area contributed by atoms with Crippen LogP contribution >= 0.6 is 0 Å². The molecule has 0 N–H and O–H groups in total. The van der Waals surface area contributed by atoms with E-state index in [2.05, 4.69) is 81.4 Å². The summed E-state index contributed by atoms with van der Waals surface area (Å²) in [7, 11) is 0. The average Bonchev–Trinajstić information content (AvgIpc) is 2.30. The maximum Gasteiger partial charge on any atom is 0.0140 e. The average molecular weight is 223 g/mol. The fraction of sp³-hybridized carbons (Fsp3) is 0.235.